The molecule has 1 aromatic rings. The number of hydrogen-bond acceptors (Lipinski definition) is 6. The number of rotatable bonds is 8. The average molecular weight is 260 g/mol. The van der Waals surface area contributed by atoms with E-state index in [9.17, 15) is 8.42 Å². The zero-order chi connectivity index (χ0) is 12.1. The molecule has 2 rings (SSSR count). The second-order valence-electron chi connectivity index (χ2n) is 4.04. The molecule has 96 valence electrons. The Balaban J connectivity index is 1.62. The molecular weight excluding hydrogens is 244 g/mol. The number of nitrogens with one attached hydrogen (secondary N) is 2. The third-order valence-electron chi connectivity index (χ3n) is 2.46. The van der Waals surface area contributed by atoms with Gasteiger partial charge in [0.25, 0.3) is 0 Å². The van der Waals surface area contributed by atoms with Crippen molar-refractivity contribution in [3.05, 3.63) is 12.2 Å². The summed E-state index contributed by atoms with van der Waals surface area (Å²) in [6.45, 7) is 0.799. The van der Waals surface area contributed by atoms with Gasteiger partial charge in [-0.1, -0.05) is 5.16 Å². The lowest BCUT2D eigenvalue weighted by atomic mass is 10.4. The van der Waals surface area contributed by atoms with E-state index in [0.717, 1.165) is 12.8 Å². The maximum Gasteiger partial charge on any atom is 0.213 e. The van der Waals surface area contributed by atoms with Crippen LogP contribution in [0.4, 0.5) is 0 Å². The molecule has 8 heteroatoms. The lowest BCUT2D eigenvalue weighted by Gasteiger charge is -2.06. The molecule has 1 heterocycles. The van der Waals surface area contributed by atoms with Crippen molar-refractivity contribution in [2.45, 2.75) is 25.3 Å². The van der Waals surface area contributed by atoms with E-state index in [1.54, 1.807) is 0 Å². The zero-order valence-electron chi connectivity index (χ0n) is 9.42. The monoisotopic (exact) mass is 260 g/mol. The maximum absolute atomic E-state index is 11.5. The first-order valence-corrected chi connectivity index (χ1v) is 7.27. The van der Waals surface area contributed by atoms with Crippen LogP contribution in [0.5, 0.6) is 0 Å². The summed E-state index contributed by atoms with van der Waals surface area (Å²) in [7, 11) is -3.20. The van der Waals surface area contributed by atoms with Crippen molar-refractivity contribution in [1.82, 2.24) is 20.2 Å². The molecule has 0 aliphatic heterocycles. The Labute approximate surface area is 100 Å². The topological polar surface area (TPSA) is 97.1 Å². The Kier molecular flexibility index (Phi) is 4.08. The second-order valence-corrected chi connectivity index (χ2v) is 5.97. The Morgan fingerprint density at radius 3 is 2.88 bits per heavy atom. The minimum atomic E-state index is -3.20. The van der Waals surface area contributed by atoms with Gasteiger partial charge in [0.2, 0.25) is 16.4 Å². The molecule has 0 radical (unpaired) electrons. The summed E-state index contributed by atoms with van der Waals surface area (Å²) in [6.07, 6.45) is 3.98. The molecule has 1 fully saturated rings. The fourth-order valence-corrected chi connectivity index (χ4v) is 2.32. The second kappa shape index (κ2) is 5.56. The van der Waals surface area contributed by atoms with Gasteiger partial charge in [0, 0.05) is 25.6 Å². The average Bonchev–Trinajstić information content (AvgIpc) is 2.93. The highest BCUT2D eigenvalue weighted by Crippen LogP contribution is 2.17. The van der Waals surface area contributed by atoms with Gasteiger partial charge >= 0.3 is 0 Å². The van der Waals surface area contributed by atoms with E-state index >= 15 is 0 Å². The molecule has 2 N–H and O–H groups in total. The molecule has 0 unspecified atom stereocenters. The largest absolute Gasteiger partial charge is 0.343 e. The molecule has 1 aliphatic rings. The van der Waals surface area contributed by atoms with Gasteiger partial charge in [0.05, 0.1) is 5.75 Å². The Morgan fingerprint density at radius 1 is 1.41 bits per heavy atom. The molecule has 1 saturated carbocycles. The fourth-order valence-electron chi connectivity index (χ4n) is 1.38. The Hall–Kier alpha value is -0.990. The maximum atomic E-state index is 11.5. The predicted molar refractivity (Wildman–Crippen MR) is 60.8 cm³/mol. The quantitative estimate of drug-likeness (QED) is 0.640. The van der Waals surface area contributed by atoms with Crippen LogP contribution in [-0.4, -0.2) is 43.4 Å². The van der Waals surface area contributed by atoms with Crippen LogP contribution in [0.3, 0.4) is 0 Å². The van der Waals surface area contributed by atoms with Crippen molar-refractivity contribution in [2.24, 2.45) is 0 Å². The molecular formula is C9H16N4O3S. The van der Waals surface area contributed by atoms with Crippen LogP contribution < -0.4 is 10.0 Å². The normalized spacial score (nSPS) is 16.2. The van der Waals surface area contributed by atoms with E-state index in [1.165, 1.54) is 6.39 Å². The van der Waals surface area contributed by atoms with Crippen LogP contribution in [0.25, 0.3) is 0 Å². The third-order valence-corrected chi connectivity index (χ3v) is 3.84. The van der Waals surface area contributed by atoms with Gasteiger partial charge in [0.1, 0.15) is 0 Å². The number of sulfonamides is 1. The van der Waals surface area contributed by atoms with Crippen LogP contribution >= 0.6 is 0 Å². The minimum Gasteiger partial charge on any atom is -0.343 e. The highest BCUT2D eigenvalue weighted by Gasteiger charge is 2.21. The van der Waals surface area contributed by atoms with Crippen LogP contribution in [0.2, 0.25) is 0 Å². The lowest BCUT2D eigenvalue weighted by Crippen LogP contribution is -2.33. The molecule has 17 heavy (non-hydrogen) atoms. The summed E-state index contributed by atoms with van der Waals surface area (Å²) in [5, 5.41) is 6.75. The summed E-state index contributed by atoms with van der Waals surface area (Å²) in [5.74, 6) is 0.610. The lowest BCUT2D eigenvalue weighted by molar-refractivity contribution is 0.410. The van der Waals surface area contributed by atoms with E-state index < -0.39 is 10.0 Å². The van der Waals surface area contributed by atoms with Gasteiger partial charge in [-0.05, 0) is 12.8 Å². The standard InChI is InChI=1S/C9H16N4O3S/c14-17(15,6-5-10-8-1-2-8)12-4-3-9-11-7-16-13-9/h7-8,10,12H,1-6H2. The smallest absolute Gasteiger partial charge is 0.213 e. The first-order chi connectivity index (χ1) is 8.16. The summed E-state index contributed by atoms with van der Waals surface area (Å²) in [4.78, 5) is 3.80. The fraction of sp³-hybridized carbons (Fsp3) is 0.778. The van der Waals surface area contributed by atoms with E-state index in [4.69, 9.17) is 0 Å². The molecule has 7 nitrogen and oxygen atoms in total. The van der Waals surface area contributed by atoms with E-state index in [2.05, 4.69) is 24.7 Å². The Morgan fingerprint density at radius 2 is 2.24 bits per heavy atom. The summed E-state index contributed by atoms with van der Waals surface area (Å²) in [5.41, 5.74) is 0. The summed E-state index contributed by atoms with van der Waals surface area (Å²) >= 11 is 0. The van der Waals surface area contributed by atoms with Gasteiger partial charge in [-0.25, -0.2) is 13.1 Å². The molecule has 0 bridgehead atoms. The van der Waals surface area contributed by atoms with Crippen molar-refractivity contribution in [1.29, 1.82) is 0 Å². The third kappa shape index (κ3) is 4.80. The van der Waals surface area contributed by atoms with Crippen molar-refractivity contribution >= 4 is 10.0 Å². The molecule has 0 aromatic carbocycles. The van der Waals surface area contributed by atoms with E-state index in [0.29, 0.717) is 31.4 Å². The highest BCUT2D eigenvalue weighted by molar-refractivity contribution is 7.89. The van der Waals surface area contributed by atoms with Gasteiger partial charge in [0.15, 0.2) is 5.82 Å². The zero-order valence-corrected chi connectivity index (χ0v) is 10.2. The van der Waals surface area contributed by atoms with Gasteiger partial charge in [-0.3, -0.25) is 0 Å². The van der Waals surface area contributed by atoms with Crippen molar-refractivity contribution < 1.29 is 12.9 Å². The molecule has 0 spiro atoms. The van der Waals surface area contributed by atoms with Gasteiger partial charge < -0.3 is 9.84 Å². The number of hydrogen-bond donors (Lipinski definition) is 2. The predicted octanol–water partition coefficient (Wildman–Crippen LogP) is -0.716. The number of aromatic nitrogens is 2. The van der Waals surface area contributed by atoms with Crippen molar-refractivity contribution in [2.75, 3.05) is 18.8 Å². The first kappa shape index (κ1) is 12.5. The van der Waals surface area contributed by atoms with Crippen LogP contribution in [0.15, 0.2) is 10.9 Å². The van der Waals surface area contributed by atoms with Crippen molar-refractivity contribution in [3.8, 4) is 0 Å². The molecule has 1 aromatic heterocycles. The van der Waals surface area contributed by atoms with Gasteiger partial charge in [-0.15, -0.1) is 0 Å². The van der Waals surface area contributed by atoms with E-state index in [1.807, 2.05) is 0 Å². The molecule has 1 aliphatic carbocycles. The Bertz CT molecular complexity index is 427. The highest BCUT2D eigenvalue weighted by atomic mass is 32.2. The minimum absolute atomic E-state index is 0.107. The van der Waals surface area contributed by atoms with Crippen LogP contribution in [-0.2, 0) is 16.4 Å². The molecule has 0 amide bonds. The van der Waals surface area contributed by atoms with E-state index in [-0.39, 0.29) is 5.75 Å². The summed E-state index contributed by atoms with van der Waals surface area (Å²) in [6, 6.07) is 0.532. The SMILES string of the molecule is O=S(=O)(CCNC1CC1)NCCc1ncon1. The van der Waals surface area contributed by atoms with Crippen LogP contribution in [0.1, 0.15) is 18.7 Å². The van der Waals surface area contributed by atoms with Crippen LogP contribution in [0, 0.1) is 0 Å². The summed E-state index contributed by atoms with van der Waals surface area (Å²) < 4.78 is 30.1. The molecule has 0 atom stereocenters. The van der Waals surface area contributed by atoms with Crippen molar-refractivity contribution in [3.63, 3.8) is 0 Å². The number of nitrogens with zero attached hydrogens (tertiary/aromatic N) is 2. The first-order valence-electron chi connectivity index (χ1n) is 5.62. The molecule has 0 saturated heterocycles. The van der Waals surface area contributed by atoms with Gasteiger partial charge in [-0.2, -0.15) is 4.98 Å².